The zero-order valence-corrected chi connectivity index (χ0v) is 9.76. The van der Waals surface area contributed by atoms with Gasteiger partial charge in [-0.2, -0.15) is 0 Å². The SMILES string of the molecule is CCOC(=O)c1cc2cc(C)cc(C)c2[nH]1. The summed E-state index contributed by atoms with van der Waals surface area (Å²) in [5.41, 5.74) is 3.86. The predicted molar refractivity (Wildman–Crippen MR) is 63.7 cm³/mol. The average molecular weight is 217 g/mol. The zero-order valence-electron chi connectivity index (χ0n) is 9.76. The van der Waals surface area contributed by atoms with E-state index in [2.05, 4.69) is 17.1 Å². The van der Waals surface area contributed by atoms with Crippen LogP contribution in [0.4, 0.5) is 0 Å². The molecule has 1 heterocycles. The van der Waals surface area contributed by atoms with Gasteiger partial charge in [0.05, 0.1) is 6.61 Å². The number of ether oxygens (including phenoxy) is 1. The molecule has 84 valence electrons. The first kappa shape index (κ1) is 10.7. The van der Waals surface area contributed by atoms with Crippen LogP contribution in [0.15, 0.2) is 18.2 Å². The van der Waals surface area contributed by atoms with Crippen LogP contribution >= 0.6 is 0 Å². The molecule has 0 aliphatic heterocycles. The lowest BCUT2D eigenvalue weighted by molar-refractivity contribution is 0.0520. The maximum Gasteiger partial charge on any atom is 0.354 e. The highest BCUT2D eigenvalue weighted by Crippen LogP contribution is 2.21. The number of carbonyl (C=O) groups excluding carboxylic acids is 1. The van der Waals surface area contributed by atoms with Crippen molar-refractivity contribution in [1.82, 2.24) is 4.98 Å². The smallest absolute Gasteiger partial charge is 0.354 e. The van der Waals surface area contributed by atoms with Crippen molar-refractivity contribution in [3.63, 3.8) is 0 Å². The Bertz CT molecular complexity index is 540. The third kappa shape index (κ3) is 1.81. The molecule has 0 aliphatic rings. The summed E-state index contributed by atoms with van der Waals surface area (Å²) in [7, 11) is 0. The number of hydrogen-bond acceptors (Lipinski definition) is 2. The molecule has 2 aromatic rings. The Hall–Kier alpha value is -1.77. The fourth-order valence-electron chi connectivity index (χ4n) is 1.93. The van der Waals surface area contributed by atoms with Gasteiger partial charge in [0.25, 0.3) is 0 Å². The van der Waals surface area contributed by atoms with E-state index in [0.29, 0.717) is 12.3 Å². The van der Waals surface area contributed by atoms with Crippen LogP contribution in [0.1, 0.15) is 28.5 Å². The summed E-state index contributed by atoms with van der Waals surface area (Å²) in [6.07, 6.45) is 0. The van der Waals surface area contributed by atoms with Gasteiger partial charge in [0.2, 0.25) is 0 Å². The molecule has 2 rings (SSSR count). The Labute approximate surface area is 94.4 Å². The maximum atomic E-state index is 11.6. The van der Waals surface area contributed by atoms with Gasteiger partial charge in [-0.3, -0.25) is 0 Å². The van der Waals surface area contributed by atoms with E-state index in [9.17, 15) is 4.79 Å². The van der Waals surface area contributed by atoms with Crippen molar-refractivity contribution in [2.24, 2.45) is 0 Å². The first-order valence-corrected chi connectivity index (χ1v) is 5.39. The van der Waals surface area contributed by atoms with E-state index < -0.39 is 0 Å². The molecular formula is C13H15NO2. The number of aromatic amines is 1. The van der Waals surface area contributed by atoms with Crippen molar-refractivity contribution in [1.29, 1.82) is 0 Å². The third-order valence-corrected chi connectivity index (χ3v) is 2.57. The minimum Gasteiger partial charge on any atom is -0.461 e. The minimum atomic E-state index is -0.296. The molecule has 0 aliphatic carbocycles. The zero-order chi connectivity index (χ0) is 11.7. The summed E-state index contributed by atoms with van der Waals surface area (Å²) in [4.78, 5) is 14.7. The van der Waals surface area contributed by atoms with Crippen molar-refractivity contribution in [2.75, 3.05) is 6.61 Å². The lowest BCUT2D eigenvalue weighted by Crippen LogP contribution is -2.04. The Balaban J connectivity index is 2.51. The number of aromatic nitrogens is 1. The number of carbonyl (C=O) groups is 1. The number of esters is 1. The predicted octanol–water partition coefficient (Wildman–Crippen LogP) is 2.96. The summed E-state index contributed by atoms with van der Waals surface area (Å²) in [5, 5.41) is 1.06. The molecule has 3 heteroatoms. The topological polar surface area (TPSA) is 42.1 Å². The van der Waals surface area contributed by atoms with E-state index >= 15 is 0 Å². The van der Waals surface area contributed by atoms with E-state index in [1.165, 1.54) is 5.56 Å². The van der Waals surface area contributed by atoms with Crippen molar-refractivity contribution in [3.05, 3.63) is 35.0 Å². The number of H-pyrrole nitrogens is 1. The standard InChI is InChI=1S/C13H15NO2/c1-4-16-13(15)11-7-10-6-8(2)5-9(3)12(10)14-11/h5-7,14H,4H2,1-3H3. The molecule has 0 atom stereocenters. The monoisotopic (exact) mass is 217 g/mol. The van der Waals surface area contributed by atoms with Crippen molar-refractivity contribution in [2.45, 2.75) is 20.8 Å². The van der Waals surface area contributed by atoms with Crippen LogP contribution < -0.4 is 0 Å². The fraction of sp³-hybridized carbons (Fsp3) is 0.308. The second-order valence-corrected chi connectivity index (χ2v) is 3.95. The normalized spacial score (nSPS) is 10.7. The number of fused-ring (bicyclic) bond motifs is 1. The molecule has 3 nitrogen and oxygen atoms in total. The molecule has 0 amide bonds. The van der Waals surface area contributed by atoms with E-state index in [1.807, 2.05) is 19.9 Å². The van der Waals surface area contributed by atoms with Gasteiger partial charge in [0.1, 0.15) is 5.69 Å². The van der Waals surface area contributed by atoms with Crippen LogP contribution in [0, 0.1) is 13.8 Å². The van der Waals surface area contributed by atoms with E-state index in [1.54, 1.807) is 6.92 Å². The molecule has 0 spiro atoms. The Kier molecular flexibility index (Phi) is 2.69. The van der Waals surface area contributed by atoms with Gasteiger partial charge in [-0.25, -0.2) is 4.79 Å². The second kappa shape index (κ2) is 4.00. The summed E-state index contributed by atoms with van der Waals surface area (Å²) in [6.45, 7) is 6.27. The summed E-state index contributed by atoms with van der Waals surface area (Å²) in [5.74, 6) is -0.296. The van der Waals surface area contributed by atoms with Crippen molar-refractivity contribution >= 4 is 16.9 Å². The van der Waals surface area contributed by atoms with Crippen LogP contribution in [-0.4, -0.2) is 17.6 Å². The molecule has 0 unspecified atom stereocenters. The lowest BCUT2D eigenvalue weighted by Gasteiger charge is -1.98. The third-order valence-electron chi connectivity index (χ3n) is 2.57. The number of aryl methyl sites for hydroxylation is 2. The minimum absolute atomic E-state index is 0.296. The van der Waals surface area contributed by atoms with Gasteiger partial charge < -0.3 is 9.72 Å². The number of nitrogens with one attached hydrogen (secondary N) is 1. The van der Waals surface area contributed by atoms with E-state index in [-0.39, 0.29) is 5.97 Å². The van der Waals surface area contributed by atoms with Gasteiger partial charge in [-0.15, -0.1) is 0 Å². The highest BCUT2D eigenvalue weighted by Gasteiger charge is 2.11. The highest BCUT2D eigenvalue weighted by molar-refractivity contribution is 5.95. The maximum absolute atomic E-state index is 11.6. The van der Waals surface area contributed by atoms with Gasteiger partial charge in [-0.1, -0.05) is 11.6 Å². The fourth-order valence-corrected chi connectivity index (χ4v) is 1.93. The molecule has 0 fully saturated rings. The molecule has 0 saturated carbocycles. The van der Waals surface area contributed by atoms with E-state index in [4.69, 9.17) is 4.74 Å². The lowest BCUT2D eigenvalue weighted by atomic mass is 10.1. The van der Waals surface area contributed by atoms with Gasteiger partial charge in [-0.05, 0) is 38.5 Å². The highest BCUT2D eigenvalue weighted by atomic mass is 16.5. The van der Waals surface area contributed by atoms with Crippen LogP contribution in [0.25, 0.3) is 10.9 Å². The molecule has 0 bridgehead atoms. The van der Waals surface area contributed by atoms with Crippen LogP contribution in [0.2, 0.25) is 0 Å². The van der Waals surface area contributed by atoms with Crippen molar-refractivity contribution in [3.8, 4) is 0 Å². The number of benzene rings is 1. The second-order valence-electron chi connectivity index (χ2n) is 3.95. The molecular weight excluding hydrogens is 202 g/mol. The number of hydrogen-bond donors (Lipinski definition) is 1. The Morgan fingerprint density at radius 2 is 2.06 bits per heavy atom. The molecule has 0 radical (unpaired) electrons. The first-order valence-electron chi connectivity index (χ1n) is 5.39. The molecule has 1 aromatic heterocycles. The number of rotatable bonds is 2. The van der Waals surface area contributed by atoms with Gasteiger partial charge in [0, 0.05) is 10.9 Å². The van der Waals surface area contributed by atoms with E-state index in [0.717, 1.165) is 16.5 Å². The van der Waals surface area contributed by atoms with Crippen LogP contribution in [0.5, 0.6) is 0 Å². The average Bonchev–Trinajstić information content (AvgIpc) is 2.62. The molecule has 0 saturated heterocycles. The summed E-state index contributed by atoms with van der Waals surface area (Å²) < 4.78 is 4.96. The van der Waals surface area contributed by atoms with Crippen LogP contribution in [-0.2, 0) is 4.74 Å². The molecule has 16 heavy (non-hydrogen) atoms. The summed E-state index contributed by atoms with van der Waals surface area (Å²) in [6, 6.07) is 5.99. The Morgan fingerprint density at radius 3 is 2.75 bits per heavy atom. The summed E-state index contributed by atoms with van der Waals surface area (Å²) >= 11 is 0. The van der Waals surface area contributed by atoms with Crippen LogP contribution in [0.3, 0.4) is 0 Å². The quantitative estimate of drug-likeness (QED) is 0.786. The molecule has 1 aromatic carbocycles. The molecule has 1 N–H and O–H groups in total. The first-order chi connectivity index (χ1) is 7.61. The van der Waals surface area contributed by atoms with Gasteiger partial charge >= 0.3 is 5.97 Å². The van der Waals surface area contributed by atoms with Crippen molar-refractivity contribution < 1.29 is 9.53 Å². The Morgan fingerprint density at radius 1 is 1.31 bits per heavy atom. The largest absolute Gasteiger partial charge is 0.461 e. The van der Waals surface area contributed by atoms with Gasteiger partial charge in [0.15, 0.2) is 0 Å².